The molecule has 0 aliphatic heterocycles. The topological polar surface area (TPSA) is 59.1 Å². The van der Waals surface area contributed by atoms with E-state index in [0.717, 1.165) is 42.2 Å². The molecule has 0 saturated heterocycles. The number of ether oxygens (including phenoxy) is 1. The number of methoxy groups -OCH3 is 1. The average molecular weight is 308 g/mol. The van der Waals surface area contributed by atoms with Crippen LogP contribution in [-0.2, 0) is 4.74 Å². The van der Waals surface area contributed by atoms with Crippen molar-refractivity contribution in [3.05, 3.63) is 11.4 Å². The van der Waals surface area contributed by atoms with Gasteiger partial charge in [-0.25, -0.2) is 4.98 Å². The van der Waals surface area contributed by atoms with Gasteiger partial charge in [-0.2, -0.15) is 4.98 Å². The lowest BCUT2D eigenvalue weighted by Gasteiger charge is -2.25. The highest BCUT2D eigenvalue weighted by Crippen LogP contribution is 2.28. The summed E-state index contributed by atoms with van der Waals surface area (Å²) in [6.07, 6.45) is 1.01. The third-order valence-electron chi connectivity index (χ3n) is 3.38. The Hall–Kier alpha value is -1.40. The first-order valence-corrected chi connectivity index (χ1v) is 8.15. The van der Waals surface area contributed by atoms with Gasteiger partial charge >= 0.3 is 0 Å². The number of nitrogens with zero attached hydrogens (tertiary/aromatic N) is 2. The quantitative estimate of drug-likeness (QED) is 0.780. The molecule has 0 atom stereocenters. The second-order valence-corrected chi connectivity index (χ2v) is 6.72. The van der Waals surface area contributed by atoms with Gasteiger partial charge in [0.2, 0.25) is 5.95 Å². The van der Waals surface area contributed by atoms with Crippen LogP contribution >= 0.6 is 11.3 Å². The van der Waals surface area contributed by atoms with Crippen LogP contribution in [0.25, 0.3) is 10.2 Å². The predicted molar refractivity (Wildman–Crippen MR) is 90.3 cm³/mol. The van der Waals surface area contributed by atoms with Crippen LogP contribution in [0.2, 0.25) is 0 Å². The van der Waals surface area contributed by atoms with Crippen LogP contribution in [0.3, 0.4) is 0 Å². The molecule has 0 unspecified atom stereocenters. The van der Waals surface area contributed by atoms with E-state index in [1.54, 1.807) is 18.4 Å². The largest absolute Gasteiger partial charge is 0.385 e. The van der Waals surface area contributed by atoms with Crippen LogP contribution in [0.1, 0.15) is 27.2 Å². The Morgan fingerprint density at radius 3 is 2.81 bits per heavy atom. The number of rotatable bonds is 8. The van der Waals surface area contributed by atoms with Crippen molar-refractivity contribution in [2.75, 3.05) is 37.4 Å². The molecule has 0 amide bonds. The fourth-order valence-corrected chi connectivity index (χ4v) is 2.78. The van der Waals surface area contributed by atoms with Gasteiger partial charge < -0.3 is 15.4 Å². The number of hydrogen-bond donors (Lipinski definition) is 2. The van der Waals surface area contributed by atoms with E-state index < -0.39 is 0 Å². The highest BCUT2D eigenvalue weighted by Gasteiger charge is 2.18. The first-order valence-electron chi connectivity index (χ1n) is 7.27. The molecule has 0 spiro atoms. The second kappa shape index (κ2) is 7.04. The molecule has 2 aromatic heterocycles. The molecule has 2 aromatic rings. The number of thiophene rings is 1. The van der Waals surface area contributed by atoms with Crippen molar-refractivity contribution in [2.24, 2.45) is 5.41 Å². The monoisotopic (exact) mass is 308 g/mol. The van der Waals surface area contributed by atoms with Crippen LogP contribution < -0.4 is 10.6 Å². The fourth-order valence-electron chi connectivity index (χ4n) is 2.02. The van der Waals surface area contributed by atoms with Gasteiger partial charge in [-0.15, -0.1) is 11.3 Å². The van der Waals surface area contributed by atoms with Crippen LogP contribution in [-0.4, -0.2) is 36.8 Å². The lowest BCUT2D eigenvalue weighted by atomic mass is 9.90. The van der Waals surface area contributed by atoms with Crippen molar-refractivity contribution < 1.29 is 4.74 Å². The number of anilines is 2. The molecule has 0 radical (unpaired) electrons. The molecule has 0 aliphatic carbocycles. The van der Waals surface area contributed by atoms with Gasteiger partial charge in [0.25, 0.3) is 0 Å². The summed E-state index contributed by atoms with van der Waals surface area (Å²) in [7, 11) is 1.74. The number of nitrogens with one attached hydrogen (secondary N) is 2. The van der Waals surface area contributed by atoms with E-state index in [2.05, 4.69) is 45.9 Å². The zero-order valence-electron chi connectivity index (χ0n) is 13.2. The maximum Gasteiger partial charge on any atom is 0.226 e. The first kappa shape index (κ1) is 16.0. The van der Waals surface area contributed by atoms with E-state index in [1.165, 1.54) is 0 Å². The third kappa shape index (κ3) is 4.28. The van der Waals surface area contributed by atoms with E-state index in [-0.39, 0.29) is 5.41 Å². The molecular formula is C15H24N4OS. The molecule has 116 valence electrons. The Morgan fingerprint density at radius 2 is 2.10 bits per heavy atom. The van der Waals surface area contributed by atoms with E-state index in [9.17, 15) is 0 Å². The Morgan fingerprint density at radius 1 is 1.29 bits per heavy atom. The Balaban J connectivity index is 2.15. The molecule has 21 heavy (non-hydrogen) atoms. The number of aromatic nitrogens is 2. The summed E-state index contributed by atoms with van der Waals surface area (Å²) in [5.41, 5.74) is 0.154. The zero-order valence-corrected chi connectivity index (χ0v) is 14.0. The van der Waals surface area contributed by atoms with Gasteiger partial charge in [0.05, 0.1) is 5.39 Å². The molecule has 6 heteroatoms. The van der Waals surface area contributed by atoms with E-state index >= 15 is 0 Å². The van der Waals surface area contributed by atoms with E-state index in [0.29, 0.717) is 5.95 Å². The number of fused-ring (bicyclic) bond motifs is 1. The molecule has 0 saturated carbocycles. The minimum absolute atomic E-state index is 0.154. The smallest absolute Gasteiger partial charge is 0.226 e. The Bertz CT molecular complexity index is 582. The lowest BCUT2D eigenvalue weighted by molar-refractivity contribution is 0.157. The third-order valence-corrected chi connectivity index (χ3v) is 4.18. The predicted octanol–water partition coefficient (Wildman–Crippen LogP) is 3.60. The molecule has 2 heterocycles. The van der Waals surface area contributed by atoms with Crippen LogP contribution in [0.4, 0.5) is 11.8 Å². The molecule has 0 aliphatic rings. The molecule has 5 nitrogen and oxygen atoms in total. The van der Waals surface area contributed by atoms with Crippen LogP contribution in [0.5, 0.6) is 0 Å². The van der Waals surface area contributed by atoms with Gasteiger partial charge in [-0.1, -0.05) is 13.8 Å². The number of hydrogen-bond acceptors (Lipinski definition) is 6. The summed E-state index contributed by atoms with van der Waals surface area (Å²) in [4.78, 5) is 10.1. The van der Waals surface area contributed by atoms with Gasteiger partial charge in [0.1, 0.15) is 10.6 Å². The SMILES string of the molecule is CCNc1nc(NCC(C)(C)CCOC)c2ccsc2n1. The van der Waals surface area contributed by atoms with Gasteiger partial charge in [0.15, 0.2) is 0 Å². The second-order valence-electron chi connectivity index (χ2n) is 5.83. The maximum atomic E-state index is 5.18. The average Bonchev–Trinajstić information content (AvgIpc) is 2.91. The molecule has 2 N–H and O–H groups in total. The fraction of sp³-hybridized carbons (Fsp3) is 0.600. The highest BCUT2D eigenvalue weighted by atomic mass is 32.1. The van der Waals surface area contributed by atoms with Crippen molar-refractivity contribution in [1.29, 1.82) is 0 Å². The van der Waals surface area contributed by atoms with Crippen molar-refractivity contribution >= 4 is 33.3 Å². The summed E-state index contributed by atoms with van der Waals surface area (Å²) in [5, 5.41) is 9.81. The minimum atomic E-state index is 0.154. The van der Waals surface area contributed by atoms with Crippen molar-refractivity contribution in [2.45, 2.75) is 27.2 Å². The van der Waals surface area contributed by atoms with Crippen molar-refractivity contribution in [3.63, 3.8) is 0 Å². The summed E-state index contributed by atoms with van der Waals surface area (Å²) in [6, 6.07) is 2.07. The molecule has 2 rings (SSSR count). The standard InChI is InChI=1S/C15H24N4OS/c1-5-16-14-18-12(11-6-9-21-13(11)19-14)17-10-15(2,3)7-8-20-4/h6,9H,5,7-8,10H2,1-4H3,(H2,16,17,18,19). The van der Waals surface area contributed by atoms with E-state index in [4.69, 9.17) is 4.74 Å². The normalized spacial score (nSPS) is 11.8. The summed E-state index contributed by atoms with van der Waals surface area (Å²) < 4.78 is 5.18. The van der Waals surface area contributed by atoms with Crippen molar-refractivity contribution in [1.82, 2.24) is 9.97 Å². The van der Waals surface area contributed by atoms with Crippen LogP contribution in [0.15, 0.2) is 11.4 Å². The van der Waals surface area contributed by atoms with E-state index in [1.807, 2.05) is 6.92 Å². The zero-order chi connectivity index (χ0) is 15.3. The Labute approximate surface area is 130 Å². The van der Waals surface area contributed by atoms with Crippen molar-refractivity contribution in [3.8, 4) is 0 Å². The highest BCUT2D eigenvalue weighted by molar-refractivity contribution is 7.16. The summed E-state index contributed by atoms with van der Waals surface area (Å²) >= 11 is 1.64. The molecule has 0 fully saturated rings. The molecular weight excluding hydrogens is 284 g/mol. The van der Waals surface area contributed by atoms with Gasteiger partial charge in [-0.3, -0.25) is 0 Å². The molecule has 0 aromatic carbocycles. The van der Waals surface area contributed by atoms with Gasteiger partial charge in [-0.05, 0) is 30.2 Å². The Kier molecular flexibility index (Phi) is 5.36. The summed E-state index contributed by atoms with van der Waals surface area (Å²) in [6.45, 7) is 8.95. The van der Waals surface area contributed by atoms with Crippen LogP contribution in [0, 0.1) is 5.41 Å². The summed E-state index contributed by atoms with van der Waals surface area (Å²) in [5.74, 6) is 1.59. The minimum Gasteiger partial charge on any atom is -0.385 e. The maximum absolute atomic E-state index is 5.18. The molecule has 0 bridgehead atoms. The first-order chi connectivity index (χ1) is 10.1. The van der Waals surface area contributed by atoms with Gasteiger partial charge in [0, 0.05) is 26.8 Å². The lowest BCUT2D eigenvalue weighted by Crippen LogP contribution is -2.25.